The number of benzene rings is 2. The first-order chi connectivity index (χ1) is 17.4. The first kappa shape index (κ1) is 24.5. The van der Waals surface area contributed by atoms with Crippen LogP contribution in [0.15, 0.2) is 42.5 Å². The van der Waals surface area contributed by atoms with Gasteiger partial charge in [-0.05, 0) is 37.2 Å². The van der Waals surface area contributed by atoms with E-state index in [1.54, 1.807) is 4.90 Å². The molecule has 2 aromatic carbocycles. The molecule has 0 saturated carbocycles. The maximum atomic E-state index is 13.4. The predicted octanol–water partition coefficient (Wildman–Crippen LogP) is 4.08. The van der Waals surface area contributed by atoms with Crippen molar-refractivity contribution in [1.29, 1.82) is 0 Å². The Morgan fingerprint density at radius 1 is 1.06 bits per heavy atom. The first-order valence-electron chi connectivity index (χ1n) is 12.5. The predicted molar refractivity (Wildman–Crippen MR) is 142 cm³/mol. The molecule has 2 aliphatic heterocycles. The van der Waals surface area contributed by atoms with Crippen molar-refractivity contribution < 1.29 is 14.3 Å². The van der Waals surface area contributed by atoms with Gasteiger partial charge in [-0.15, -0.1) is 0 Å². The van der Waals surface area contributed by atoms with Crippen LogP contribution in [0.25, 0.3) is 10.9 Å². The zero-order chi connectivity index (χ0) is 25.2. The highest BCUT2D eigenvalue weighted by Crippen LogP contribution is 2.29. The third-order valence-corrected chi connectivity index (χ3v) is 7.48. The van der Waals surface area contributed by atoms with Crippen LogP contribution in [0, 0.1) is 6.92 Å². The summed E-state index contributed by atoms with van der Waals surface area (Å²) >= 11 is 6.19. The van der Waals surface area contributed by atoms with Gasteiger partial charge in [0.05, 0.1) is 11.1 Å². The number of amides is 1. The van der Waals surface area contributed by atoms with Crippen LogP contribution in [0.1, 0.15) is 34.1 Å². The molecular weight excluding hydrogens is 476 g/mol. The highest BCUT2D eigenvalue weighted by atomic mass is 35.5. The second-order valence-corrected chi connectivity index (χ2v) is 9.86. The Morgan fingerprint density at radius 3 is 2.61 bits per heavy atom. The van der Waals surface area contributed by atoms with Gasteiger partial charge in [0, 0.05) is 73.0 Å². The molecule has 1 fully saturated rings. The fourth-order valence-electron chi connectivity index (χ4n) is 5.16. The molecule has 188 valence electrons. The molecule has 0 bridgehead atoms. The number of halogens is 1. The molecule has 3 heterocycles. The Labute approximate surface area is 216 Å². The molecule has 0 N–H and O–H groups in total. The molecule has 1 saturated heterocycles. The highest BCUT2D eigenvalue weighted by Gasteiger charge is 2.28. The van der Waals surface area contributed by atoms with Crippen LogP contribution in [0.2, 0.25) is 5.02 Å². The van der Waals surface area contributed by atoms with Crippen molar-refractivity contribution in [2.24, 2.45) is 0 Å². The summed E-state index contributed by atoms with van der Waals surface area (Å²) in [6.07, 6.45) is 0.795. The number of carbonyl (C=O) groups is 2. The molecule has 3 aromatic rings. The summed E-state index contributed by atoms with van der Waals surface area (Å²) < 4.78 is 5.63. The first-order valence-corrected chi connectivity index (χ1v) is 12.9. The summed E-state index contributed by atoms with van der Waals surface area (Å²) in [5.41, 5.74) is 5.45. The number of hydrogen-bond acceptors (Lipinski definition) is 6. The number of likely N-dealkylation sites (N-methyl/N-ethyl adjacent to an activating group) is 1. The van der Waals surface area contributed by atoms with Gasteiger partial charge < -0.3 is 14.5 Å². The molecule has 0 spiro atoms. The van der Waals surface area contributed by atoms with E-state index in [2.05, 4.69) is 23.6 Å². The van der Waals surface area contributed by atoms with Gasteiger partial charge in [-0.1, -0.05) is 42.8 Å². The molecule has 1 amide bonds. The molecule has 1 aromatic heterocycles. The van der Waals surface area contributed by atoms with Gasteiger partial charge in [0.2, 0.25) is 0 Å². The second kappa shape index (κ2) is 10.4. The quantitative estimate of drug-likeness (QED) is 0.486. The maximum absolute atomic E-state index is 13.4. The van der Waals surface area contributed by atoms with Crippen molar-refractivity contribution >= 4 is 40.1 Å². The van der Waals surface area contributed by atoms with Crippen LogP contribution >= 0.6 is 11.6 Å². The van der Waals surface area contributed by atoms with Crippen molar-refractivity contribution in [3.05, 3.63) is 69.9 Å². The molecule has 7 nitrogen and oxygen atoms in total. The Bertz CT molecular complexity index is 1300. The third kappa shape index (κ3) is 4.90. The Balaban J connectivity index is 1.27. The summed E-state index contributed by atoms with van der Waals surface area (Å²) in [7, 11) is 0. The normalized spacial score (nSPS) is 16.2. The standard InChI is InChI=1S/C28H31ClN4O3/c1-3-31-11-10-24-22(17-31)27(21-6-4-5-7-23(21)30-24)28(35)36-18-26(34)33-14-12-32(13-15-33)25-16-20(29)9-8-19(25)2/h4-9,16H,3,10-15,17-18H2,1-2H3. The molecule has 5 rings (SSSR count). The lowest BCUT2D eigenvalue weighted by atomic mass is 9.96. The smallest absolute Gasteiger partial charge is 0.339 e. The van der Waals surface area contributed by atoms with E-state index < -0.39 is 5.97 Å². The largest absolute Gasteiger partial charge is 0.452 e. The molecular formula is C28H31ClN4O3. The van der Waals surface area contributed by atoms with E-state index in [1.807, 2.05) is 42.5 Å². The third-order valence-electron chi connectivity index (χ3n) is 7.25. The summed E-state index contributed by atoms with van der Waals surface area (Å²) in [5.74, 6) is -0.627. The topological polar surface area (TPSA) is 66.0 Å². The van der Waals surface area contributed by atoms with Crippen LogP contribution in [-0.2, 0) is 22.5 Å². The van der Waals surface area contributed by atoms with Crippen molar-refractivity contribution in [3.8, 4) is 0 Å². The molecule has 0 aliphatic carbocycles. The van der Waals surface area contributed by atoms with Crippen LogP contribution in [-0.4, -0.2) is 72.5 Å². The minimum Gasteiger partial charge on any atom is -0.452 e. The molecule has 36 heavy (non-hydrogen) atoms. The molecule has 0 radical (unpaired) electrons. The van der Waals surface area contributed by atoms with Gasteiger partial charge in [-0.3, -0.25) is 14.7 Å². The minimum absolute atomic E-state index is 0.173. The number of ether oxygens (including phenoxy) is 1. The number of hydrogen-bond donors (Lipinski definition) is 0. The zero-order valence-corrected chi connectivity index (χ0v) is 21.6. The lowest BCUT2D eigenvalue weighted by Gasteiger charge is -2.36. The minimum atomic E-state index is -0.454. The van der Waals surface area contributed by atoms with Crippen LogP contribution < -0.4 is 4.90 Å². The van der Waals surface area contributed by atoms with Crippen molar-refractivity contribution in [3.63, 3.8) is 0 Å². The summed E-state index contributed by atoms with van der Waals surface area (Å²) in [5, 5.41) is 1.48. The van der Waals surface area contributed by atoms with Crippen molar-refractivity contribution in [1.82, 2.24) is 14.8 Å². The number of fused-ring (bicyclic) bond motifs is 2. The molecule has 2 aliphatic rings. The van der Waals surface area contributed by atoms with Crippen molar-refractivity contribution in [2.45, 2.75) is 26.8 Å². The number of aryl methyl sites for hydroxylation is 1. The van der Waals surface area contributed by atoms with Gasteiger partial charge in [0.25, 0.3) is 5.91 Å². The van der Waals surface area contributed by atoms with E-state index in [0.717, 1.165) is 52.9 Å². The number of anilines is 1. The second-order valence-electron chi connectivity index (χ2n) is 9.42. The molecule has 8 heteroatoms. The number of piperazine rings is 1. The number of aromatic nitrogens is 1. The van der Waals surface area contributed by atoms with Gasteiger partial charge in [-0.2, -0.15) is 0 Å². The zero-order valence-electron chi connectivity index (χ0n) is 20.8. The van der Waals surface area contributed by atoms with Gasteiger partial charge in [0.15, 0.2) is 6.61 Å². The van der Waals surface area contributed by atoms with Crippen molar-refractivity contribution in [2.75, 3.05) is 50.8 Å². The number of esters is 1. The van der Waals surface area contributed by atoms with Crippen LogP contribution in [0.4, 0.5) is 5.69 Å². The average molecular weight is 507 g/mol. The summed E-state index contributed by atoms with van der Waals surface area (Å²) in [6.45, 7) is 8.94. The monoisotopic (exact) mass is 506 g/mol. The lowest BCUT2D eigenvalue weighted by molar-refractivity contribution is -0.134. The van der Waals surface area contributed by atoms with E-state index in [0.29, 0.717) is 43.3 Å². The average Bonchev–Trinajstić information content (AvgIpc) is 2.91. The van der Waals surface area contributed by atoms with E-state index in [1.165, 1.54) is 0 Å². The Kier molecular flexibility index (Phi) is 7.12. The number of nitrogens with zero attached hydrogens (tertiary/aromatic N) is 4. The van der Waals surface area contributed by atoms with Crippen LogP contribution in [0.3, 0.4) is 0 Å². The molecule has 0 atom stereocenters. The Morgan fingerprint density at radius 2 is 1.83 bits per heavy atom. The van der Waals surface area contributed by atoms with E-state index in [9.17, 15) is 9.59 Å². The van der Waals surface area contributed by atoms with Gasteiger partial charge in [-0.25, -0.2) is 4.79 Å². The number of carbonyl (C=O) groups excluding carboxylic acids is 2. The van der Waals surface area contributed by atoms with Gasteiger partial charge >= 0.3 is 5.97 Å². The van der Waals surface area contributed by atoms with E-state index in [4.69, 9.17) is 21.3 Å². The fourth-order valence-corrected chi connectivity index (χ4v) is 5.33. The summed E-state index contributed by atoms with van der Waals surface area (Å²) in [6, 6.07) is 13.5. The van der Waals surface area contributed by atoms with E-state index >= 15 is 0 Å². The van der Waals surface area contributed by atoms with Gasteiger partial charge in [0.1, 0.15) is 0 Å². The molecule has 0 unspecified atom stereocenters. The maximum Gasteiger partial charge on any atom is 0.339 e. The number of para-hydroxylation sites is 1. The lowest BCUT2D eigenvalue weighted by Crippen LogP contribution is -2.50. The fraction of sp³-hybridized carbons (Fsp3) is 0.393. The Hall–Kier alpha value is -3.16. The SMILES string of the molecule is CCN1CCc2nc3ccccc3c(C(=O)OCC(=O)N3CCN(c4cc(Cl)ccc4C)CC3)c2C1. The number of pyridine rings is 1. The highest BCUT2D eigenvalue weighted by molar-refractivity contribution is 6.30. The summed E-state index contributed by atoms with van der Waals surface area (Å²) in [4.78, 5) is 37.4. The van der Waals surface area contributed by atoms with E-state index in [-0.39, 0.29) is 12.5 Å². The number of rotatable bonds is 5. The van der Waals surface area contributed by atoms with Crippen LogP contribution in [0.5, 0.6) is 0 Å².